The topological polar surface area (TPSA) is 37.3 Å². The second-order valence-electron chi connectivity index (χ2n) is 12.4. The number of carboxylic acid groups (broad SMARTS) is 1. The molecule has 0 aromatic rings. The molecule has 1 N–H and O–H groups in total. The van der Waals surface area contributed by atoms with Crippen molar-refractivity contribution in [2.75, 3.05) is 0 Å². The number of carboxylic acids is 1. The third-order valence-corrected chi connectivity index (χ3v) is 11.2. The van der Waals surface area contributed by atoms with Gasteiger partial charge in [0.2, 0.25) is 0 Å². The molecule has 29 heavy (non-hydrogen) atoms. The van der Waals surface area contributed by atoms with Gasteiger partial charge in [-0.05, 0) is 104 Å². The first-order valence-electron chi connectivity index (χ1n) is 12.9. The van der Waals surface area contributed by atoms with Crippen molar-refractivity contribution in [2.24, 2.45) is 45.8 Å². The summed E-state index contributed by atoms with van der Waals surface area (Å²) in [6.07, 6.45) is 18.3. The van der Waals surface area contributed by atoms with Crippen molar-refractivity contribution >= 4 is 5.97 Å². The van der Waals surface area contributed by atoms with Gasteiger partial charge in [0.1, 0.15) is 0 Å². The van der Waals surface area contributed by atoms with Crippen LogP contribution < -0.4 is 0 Å². The summed E-state index contributed by atoms with van der Waals surface area (Å²) in [5.41, 5.74) is 1.51. The van der Waals surface area contributed by atoms with Crippen molar-refractivity contribution in [1.29, 1.82) is 0 Å². The van der Waals surface area contributed by atoms with E-state index in [9.17, 15) is 9.90 Å². The maximum Gasteiger partial charge on any atom is 0.303 e. The first kappa shape index (κ1) is 21.7. The minimum Gasteiger partial charge on any atom is -0.481 e. The normalized spacial score (nSPS) is 48.6. The molecular formula is C27H46O2. The van der Waals surface area contributed by atoms with Crippen molar-refractivity contribution in [3.63, 3.8) is 0 Å². The second-order valence-corrected chi connectivity index (χ2v) is 12.4. The number of carbonyl (C=O) groups is 1. The summed E-state index contributed by atoms with van der Waals surface area (Å²) in [6, 6.07) is 0. The SMILES string of the molecule is C[C@H](CCC(=O)O)C1CCCCC2[C@]1(C)CCC1C3(C)CCCC[C@H]3CC[C@]12C. The van der Waals surface area contributed by atoms with Gasteiger partial charge in [-0.25, -0.2) is 0 Å². The summed E-state index contributed by atoms with van der Waals surface area (Å²) in [4.78, 5) is 11.2. The van der Waals surface area contributed by atoms with E-state index < -0.39 is 5.97 Å². The van der Waals surface area contributed by atoms with Gasteiger partial charge in [-0.3, -0.25) is 4.79 Å². The number of fused-ring (bicyclic) bond motifs is 5. The molecule has 0 aliphatic heterocycles. The lowest BCUT2D eigenvalue weighted by Gasteiger charge is -2.67. The Morgan fingerprint density at radius 3 is 2.24 bits per heavy atom. The van der Waals surface area contributed by atoms with Crippen LogP contribution in [0, 0.1) is 45.8 Å². The minimum atomic E-state index is -0.619. The number of aliphatic carboxylic acids is 1. The van der Waals surface area contributed by atoms with Crippen LogP contribution in [-0.2, 0) is 4.79 Å². The number of hydrogen-bond donors (Lipinski definition) is 1. The fourth-order valence-electron chi connectivity index (χ4n) is 9.87. The highest BCUT2D eigenvalue weighted by Crippen LogP contribution is 2.71. The van der Waals surface area contributed by atoms with Crippen LogP contribution in [0.25, 0.3) is 0 Å². The Morgan fingerprint density at radius 2 is 1.48 bits per heavy atom. The largest absolute Gasteiger partial charge is 0.481 e. The molecule has 0 spiro atoms. The van der Waals surface area contributed by atoms with E-state index >= 15 is 0 Å². The maximum absolute atomic E-state index is 11.2. The van der Waals surface area contributed by atoms with E-state index in [4.69, 9.17) is 0 Å². The van der Waals surface area contributed by atoms with Crippen molar-refractivity contribution < 1.29 is 9.90 Å². The van der Waals surface area contributed by atoms with Gasteiger partial charge < -0.3 is 5.11 Å². The monoisotopic (exact) mass is 402 g/mol. The Bertz CT molecular complexity index is 614. The first-order chi connectivity index (χ1) is 13.7. The van der Waals surface area contributed by atoms with Crippen LogP contribution in [0.1, 0.15) is 118 Å². The van der Waals surface area contributed by atoms with Crippen LogP contribution in [-0.4, -0.2) is 11.1 Å². The molecule has 0 bridgehead atoms. The van der Waals surface area contributed by atoms with Gasteiger partial charge >= 0.3 is 5.97 Å². The highest BCUT2D eigenvalue weighted by atomic mass is 16.4. The highest BCUT2D eigenvalue weighted by Gasteiger charge is 2.63. The molecule has 0 radical (unpaired) electrons. The van der Waals surface area contributed by atoms with Gasteiger partial charge in [-0.15, -0.1) is 0 Å². The molecule has 4 aliphatic carbocycles. The maximum atomic E-state index is 11.2. The van der Waals surface area contributed by atoms with E-state index in [-0.39, 0.29) is 0 Å². The molecule has 166 valence electrons. The smallest absolute Gasteiger partial charge is 0.303 e. The predicted octanol–water partition coefficient (Wildman–Crippen LogP) is 7.71. The standard InChI is InChI=1S/C27H46O2/c1-19(12-13-24(28)29)21-10-5-6-11-22-26(21,3)18-15-23-25(2)16-8-7-9-20(25)14-17-27(22,23)4/h19-23H,5-18H2,1-4H3,(H,28,29)/t19-,20+,21?,22?,23?,25?,26-,27+/m1/s1. The molecule has 4 fully saturated rings. The molecule has 0 amide bonds. The second kappa shape index (κ2) is 7.86. The molecule has 8 atom stereocenters. The van der Waals surface area contributed by atoms with E-state index in [0.29, 0.717) is 34.5 Å². The number of hydrogen-bond acceptors (Lipinski definition) is 1. The minimum absolute atomic E-state index is 0.345. The molecular weight excluding hydrogens is 356 g/mol. The van der Waals surface area contributed by atoms with Gasteiger partial charge in [0.25, 0.3) is 0 Å². The highest BCUT2D eigenvalue weighted by molar-refractivity contribution is 5.66. The summed E-state index contributed by atoms with van der Waals surface area (Å²) in [5.74, 6) is 3.37. The van der Waals surface area contributed by atoms with Crippen LogP contribution >= 0.6 is 0 Å². The van der Waals surface area contributed by atoms with Crippen LogP contribution in [0.3, 0.4) is 0 Å². The lowest BCUT2D eigenvalue weighted by atomic mass is 9.38. The van der Waals surface area contributed by atoms with Crippen LogP contribution in [0.2, 0.25) is 0 Å². The van der Waals surface area contributed by atoms with Gasteiger partial charge in [0.05, 0.1) is 0 Å². The van der Waals surface area contributed by atoms with E-state index in [1.807, 2.05) is 0 Å². The van der Waals surface area contributed by atoms with Crippen LogP contribution in [0.4, 0.5) is 0 Å². The Kier molecular flexibility index (Phi) is 5.88. The Balaban J connectivity index is 1.64. The third-order valence-electron chi connectivity index (χ3n) is 11.2. The number of rotatable bonds is 4. The fourth-order valence-corrected chi connectivity index (χ4v) is 9.87. The third kappa shape index (κ3) is 3.49. The van der Waals surface area contributed by atoms with Gasteiger partial charge in [-0.1, -0.05) is 53.4 Å². The summed E-state index contributed by atoms with van der Waals surface area (Å²) in [6.45, 7) is 10.4. The first-order valence-corrected chi connectivity index (χ1v) is 12.9. The van der Waals surface area contributed by atoms with Crippen LogP contribution in [0.15, 0.2) is 0 Å². The lowest BCUT2D eigenvalue weighted by molar-refractivity contribution is -0.183. The zero-order chi connectivity index (χ0) is 20.9. The molecule has 0 aromatic heterocycles. The molecule has 2 heteroatoms. The summed E-state index contributed by atoms with van der Waals surface area (Å²) >= 11 is 0. The van der Waals surface area contributed by atoms with Crippen molar-refractivity contribution in [3.05, 3.63) is 0 Å². The Labute approximate surface area is 179 Å². The molecule has 4 unspecified atom stereocenters. The van der Waals surface area contributed by atoms with Gasteiger partial charge in [0, 0.05) is 6.42 Å². The molecule has 0 aromatic carbocycles. The van der Waals surface area contributed by atoms with Gasteiger partial charge in [-0.2, -0.15) is 0 Å². The zero-order valence-corrected chi connectivity index (χ0v) is 19.6. The van der Waals surface area contributed by atoms with E-state index in [2.05, 4.69) is 27.7 Å². The molecule has 0 heterocycles. The van der Waals surface area contributed by atoms with E-state index in [0.717, 1.165) is 24.2 Å². The van der Waals surface area contributed by atoms with Crippen molar-refractivity contribution in [3.8, 4) is 0 Å². The quantitative estimate of drug-likeness (QED) is 0.523. The van der Waals surface area contributed by atoms with Gasteiger partial charge in [0.15, 0.2) is 0 Å². The molecule has 4 aliphatic rings. The zero-order valence-electron chi connectivity index (χ0n) is 19.6. The van der Waals surface area contributed by atoms with E-state index in [1.165, 1.54) is 77.0 Å². The van der Waals surface area contributed by atoms with Crippen molar-refractivity contribution in [2.45, 2.75) is 118 Å². The molecule has 2 nitrogen and oxygen atoms in total. The molecule has 0 saturated heterocycles. The Morgan fingerprint density at radius 1 is 0.828 bits per heavy atom. The molecule has 4 rings (SSSR count). The Hall–Kier alpha value is -0.530. The van der Waals surface area contributed by atoms with Crippen LogP contribution in [0.5, 0.6) is 0 Å². The lowest BCUT2D eigenvalue weighted by Crippen LogP contribution is -2.59. The summed E-state index contributed by atoms with van der Waals surface area (Å²) in [5, 5.41) is 9.25. The average molecular weight is 403 g/mol. The molecule has 4 saturated carbocycles. The van der Waals surface area contributed by atoms with Crippen molar-refractivity contribution in [1.82, 2.24) is 0 Å². The fraction of sp³-hybridized carbons (Fsp3) is 0.963. The average Bonchev–Trinajstić information content (AvgIpc) is 2.85. The van der Waals surface area contributed by atoms with E-state index in [1.54, 1.807) is 0 Å². The predicted molar refractivity (Wildman–Crippen MR) is 120 cm³/mol. The summed E-state index contributed by atoms with van der Waals surface area (Å²) in [7, 11) is 0. The summed E-state index contributed by atoms with van der Waals surface area (Å²) < 4.78 is 0.